The van der Waals surface area contributed by atoms with Gasteiger partial charge in [0.05, 0.1) is 25.4 Å². The molecular formula is C59H115NO8. The predicted molar refractivity (Wildman–Crippen MR) is 286 cm³/mol. The van der Waals surface area contributed by atoms with Crippen LogP contribution in [0.15, 0.2) is 12.2 Å². The number of aliphatic hydroxyl groups is 5. The molecule has 7 unspecified atom stereocenters. The van der Waals surface area contributed by atoms with Gasteiger partial charge in [0.1, 0.15) is 24.4 Å². The number of rotatable bonds is 52. The Balaban J connectivity index is 2.19. The summed E-state index contributed by atoms with van der Waals surface area (Å²) in [6.07, 6.45) is 54.2. The molecule has 1 saturated heterocycles. The molecule has 0 aromatic carbocycles. The Morgan fingerprint density at radius 3 is 1.15 bits per heavy atom. The molecule has 0 spiro atoms. The van der Waals surface area contributed by atoms with Crippen LogP contribution in [0.2, 0.25) is 0 Å². The molecule has 9 heteroatoms. The van der Waals surface area contributed by atoms with Crippen molar-refractivity contribution in [1.82, 2.24) is 5.32 Å². The molecular weight excluding hydrogens is 851 g/mol. The van der Waals surface area contributed by atoms with Gasteiger partial charge in [0.2, 0.25) is 5.91 Å². The monoisotopic (exact) mass is 966 g/mol. The highest BCUT2D eigenvalue weighted by atomic mass is 16.7. The summed E-state index contributed by atoms with van der Waals surface area (Å²) in [7, 11) is 0. The van der Waals surface area contributed by atoms with Crippen LogP contribution in [0, 0.1) is 0 Å². The number of amides is 1. The molecule has 0 radical (unpaired) electrons. The maximum absolute atomic E-state index is 13.1. The Kier molecular flexibility index (Phi) is 47.3. The number of hydrogen-bond acceptors (Lipinski definition) is 8. The quantitative estimate of drug-likeness (QED) is 0.0261. The Morgan fingerprint density at radius 2 is 0.809 bits per heavy atom. The number of unbranched alkanes of at least 4 members (excludes halogenated alkanes) is 42. The van der Waals surface area contributed by atoms with E-state index in [-0.39, 0.29) is 12.5 Å². The lowest BCUT2D eigenvalue weighted by Crippen LogP contribution is -2.60. The lowest BCUT2D eigenvalue weighted by Gasteiger charge is -2.40. The SMILES string of the molecule is CCCCCCCCCCCCCCCCCCCC/C=C/C(O)C(COC1OC(CO)C(O)C(O)C1O)NC(=O)CCCCCCCCCCCCCCCCCCCCCCCCCCC. The van der Waals surface area contributed by atoms with Crippen LogP contribution in [0.3, 0.4) is 0 Å². The Morgan fingerprint density at radius 1 is 0.485 bits per heavy atom. The van der Waals surface area contributed by atoms with Crippen LogP contribution in [0.1, 0.15) is 303 Å². The molecule has 1 heterocycles. The minimum atomic E-state index is -1.56. The number of ether oxygens (including phenoxy) is 2. The van der Waals surface area contributed by atoms with Crippen molar-refractivity contribution in [1.29, 1.82) is 0 Å². The first-order valence-corrected chi connectivity index (χ1v) is 29.9. The summed E-state index contributed by atoms with van der Waals surface area (Å²) in [6.45, 7) is 3.83. The van der Waals surface area contributed by atoms with E-state index in [9.17, 15) is 30.3 Å². The Bertz CT molecular complexity index is 1080. The molecule has 1 aliphatic heterocycles. The van der Waals surface area contributed by atoms with E-state index in [1.807, 2.05) is 6.08 Å². The highest BCUT2D eigenvalue weighted by Gasteiger charge is 2.44. The second kappa shape index (κ2) is 49.5. The minimum Gasteiger partial charge on any atom is -0.394 e. The normalized spacial score (nSPS) is 19.5. The van der Waals surface area contributed by atoms with Gasteiger partial charge in [-0.1, -0.05) is 289 Å². The maximum atomic E-state index is 13.1. The summed E-state index contributed by atoms with van der Waals surface area (Å²) in [4.78, 5) is 13.1. The van der Waals surface area contributed by atoms with Gasteiger partial charge in [-0.05, 0) is 19.3 Å². The zero-order valence-corrected chi connectivity index (χ0v) is 44.9. The number of hydrogen-bond donors (Lipinski definition) is 6. The van der Waals surface area contributed by atoms with Crippen LogP contribution in [-0.4, -0.2) is 87.5 Å². The third-order valence-electron chi connectivity index (χ3n) is 14.6. The zero-order chi connectivity index (χ0) is 49.4. The van der Waals surface area contributed by atoms with E-state index in [0.29, 0.717) is 6.42 Å². The molecule has 1 rings (SSSR count). The van der Waals surface area contributed by atoms with Crippen LogP contribution in [0.25, 0.3) is 0 Å². The summed E-state index contributed by atoms with van der Waals surface area (Å²) in [5.74, 6) is -0.169. The van der Waals surface area contributed by atoms with Gasteiger partial charge >= 0.3 is 0 Å². The van der Waals surface area contributed by atoms with E-state index in [4.69, 9.17) is 9.47 Å². The van der Waals surface area contributed by atoms with Crippen LogP contribution < -0.4 is 5.32 Å². The van der Waals surface area contributed by atoms with Crippen molar-refractivity contribution in [2.75, 3.05) is 13.2 Å². The number of allylic oxidation sites excluding steroid dienone is 1. The highest BCUT2D eigenvalue weighted by molar-refractivity contribution is 5.76. The van der Waals surface area contributed by atoms with E-state index in [1.54, 1.807) is 6.08 Å². The molecule has 68 heavy (non-hydrogen) atoms. The molecule has 9 nitrogen and oxygen atoms in total. The third-order valence-corrected chi connectivity index (χ3v) is 14.6. The van der Waals surface area contributed by atoms with E-state index in [2.05, 4.69) is 19.2 Å². The van der Waals surface area contributed by atoms with Crippen molar-refractivity contribution in [2.45, 2.75) is 346 Å². The molecule has 0 aliphatic carbocycles. The topological polar surface area (TPSA) is 149 Å². The second-order valence-electron chi connectivity index (χ2n) is 21.2. The lowest BCUT2D eigenvalue weighted by molar-refractivity contribution is -0.302. The second-order valence-corrected chi connectivity index (χ2v) is 21.2. The van der Waals surface area contributed by atoms with Gasteiger partial charge in [-0.15, -0.1) is 0 Å². The molecule has 0 bridgehead atoms. The first-order valence-electron chi connectivity index (χ1n) is 29.9. The average Bonchev–Trinajstić information content (AvgIpc) is 3.34. The molecule has 0 saturated carbocycles. The standard InChI is InChI=1S/C59H115NO8/c1-3-5-7-9-11-13-15-17-19-21-23-25-26-27-28-29-31-33-35-37-39-41-43-45-47-49-55(63)60-52(51-67-59-58(66)57(65)56(64)54(50-61)68-59)53(62)48-46-44-42-40-38-36-34-32-30-24-22-20-18-16-14-12-10-8-6-4-2/h46,48,52-54,56-59,61-62,64-66H,3-45,47,49-51H2,1-2H3,(H,60,63)/b48-46+. The average molecular weight is 967 g/mol. The summed E-state index contributed by atoms with van der Waals surface area (Å²) >= 11 is 0. The van der Waals surface area contributed by atoms with Crippen LogP contribution in [0.4, 0.5) is 0 Å². The van der Waals surface area contributed by atoms with Gasteiger partial charge in [-0.2, -0.15) is 0 Å². The number of carbonyl (C=O) groups is 1. The first-order chi connectivity index (χ1) is 33.3. The number of nitrogens with one attached hydrogen (secondary N) is 1. The van der Waals surface area contributed by atoms with E-state index in [0.717, 1.165) is 38.5 Å². The van der Waals surface area contributed by atoms with Crippen molar-refractivity contribution >= 4 is 5.91 Å². The number of aliphatic hydroxyl groups excluding tert-OH is 5. The van der Waals surface area contributed by atoms with E-state index in [1.165, 1.54) is 244 Å². The maximum Gasteiger partial charge on any atom is 0.220 e. The lowest BCUT2D eigenvalue weighted by atomic mass is 9.99. The van der Waals surface area contributed by atoms with Crippen LogP contribution in [0.5, 0.6) is 0 Å². The van der Waals surface area contributed by atoms with Crippen molar-refractivity contribution < 1.29 is 39.8 Å². The molecule has 404 valence electrons. The van der Waals surface area contributed by atoms with Crippen molar-refractivity contribution in [3.05, 3.63) is 12.2 Å². The summed E-state index contributed by atoms with van der Waals surface area (Å²) in [5, 5.41) is 54.6. The molecule has 1 fully saturated rings. The molecule has 1 aliphatic rings. The van der Waals surface area contributed by atoms with E-state index < -0.39 is 49.5 Å². The Labute approximate surface area is 420 Å². The van der Waals surface area contributed by atoms with Gasteiger partial charge < -0.3 is 40.3 Å². The fraction of sp³-hybridized carbons (Fsp3) is 0.949. The highest BCUT2D eigenvalue weighted by Crippen LogP contribution is 2.23. The molecule has 6 N–H and O–H groups in total. The molecule has 0 aromatic heterocycles. The summed E-state index contributed by atoms with van der Waals surface area (Å²) in [5.41, 5.74) is 0. The smallest absolute Gasteiger partial charge is 0.220 e. The van der Waals surface area contributed by atoms with Crippen LogP contribution in [-0.2, 0) is 14.3 Å². The van der Waals surface area contributed by atoms with Crippen molar-refractivity contribution in [2.24, 2.45) is 0 Å². The van der Waals surface area contributed by atoms with E-state index >= 15 is 0 Å². The van der Waals surface area contributed by atoms with Gasteiger partial charge in [-0.25, -0.2) is 0 Å². The predicted octanol–water partition coefficient (Wildman–Crippen LogP) is 14.8. The summed E-state index contributed by atoms with van der Waals surface area (Å²) < 4.78 is 11.3. The largest absolute Gasteiger partial charge is 0.394 e. The van der Waals surface area contributed by atoms with Crippen molar-refractivity contribution in [3.63, 3.8) is 0 Å². The molecule has 0 aromatic rings. The van der Waals surface area contributed by atoms with Gasteiger partial charge in [0.15, 0.2) is 6.29 Å². The van der Waals surface area contributed by atoms with Crippen LogP contribution >= 0.6 is 0 Å². The fourth-order valence-corrected chi connectivity index (χ4v) is 9.87. The zero-order valence-electron chi connectivity index (χ0n) is 44.9. The molecule has 1 amide bonds. The Hall–Kier alpha value is -1.07. The first kappa shape index (κ1) is 64.9. The molecule has 7 atom stereocenters. The van der Waals surface area contributed by atoms with Gasteiger partial charge in [0.25, 0.3) is 0 Å². The summed E-state index contributed by atoms with van der Waals surface area (Å²) in [6, 6.07) is -0.800. The van der Waals surface area contributed by atoms with Gasteiger partial charge in [0, 0.05) is 6.42 Å². The van der Waals surface area contributed by atoms with Gasteiger partial charge in [-0.3, -0.25) is 4.79 Å². The third kappa shape index (κ3) is 38.6. The fourth-order valence-electron chi connectivity index (χ4n) is 9.87. The minimum absolute atomic E-state index is 0.169. The van der Waals surface area contributed by atoms with Crippen molar-refractivity contribution in [3.8, 4) is 0 Å². The number of carbonyl (C=O) groups excluding carboxylic acids is 1.